The molecule has 1 aliphatic carbocycles. The largest absolute Gasteiger partial charge is 0.515 e. The standard InChI is InChI=1S/C33H51NO6Si/c1-11-12-13-14-23-18-26(35)29(25-17-21(4)15-16-24(25)20(2)3)27(19-23)38-32(37)39-31-28(30(36)34-31)22(5)40-41(9,10)33(6,7)8/h17-19,22,24-25,28,31,35H,2,11-16H2,1,3-10H3,(H,34,36)/t22-,24+,25-,28+,31?/m1/s1. The van der Waals surface area contributed by atoms with Crippen molar-refractivity contribution in [1.29, 1.82) is 0 Å². The number of carbonyl (C=O) groups excluding carboxylic acids is 2. The summed E-state index contributed by atoms with van der Waals surface area (Å²) in [5.74, 6) is -0.508. The molecular formula is C33H51NO6Si. The Labute approximate surface area is 247 Å². The number of hydrogen-bond acceptors (Lipinski definition) is 6. The maximum absolute atomic E-state index is 13.2. The molecule has 3 rings (SSSR count). The van der Waals surface area contributed by atoms with Crippen LogP contribution in [0.15, 0.2) is 35.9 Å². The lowest BCUT2D eigenvalue weighted by atomic mass is 9.73. The molecule has 0 spiro atoms. The third kappa shape index (κ3) is 7.83. The van der Waals surface area contributed by atoms with Crippen molar-refractivity contribution in [3.63, 3.8) is 0 Å². The lowest BCUT2D eigenvalue weighted by molar-refractivity contribution is -0.155. The van der Waals surface area contributed by atoms with Crippen LogP contribution in [-0.4, -0.2) is 37.8 Å². The molecule has 41 heavy (non-hydrogen) atoms. The number of phenols is 1. The summed E-state index contributed by atoms with van der Waals surface area (Å²) < 4.78 is 17.9. The Morgan fingerprint density at radius 3 is 2.51 bits per heavy atom. The van der Waals surface area contributed by atoms with E-state index in [1.807, 2.05) is 19.9 Å². The molecule has 1 unspecified atom stereocenters. The smallest absolute Gasteiger partial charge is 0.507 e. The number of hydrogen-bond donors (Lipinski definition) is 2. The van der Waals surface area contributed by atoms with Gasteiger partial charge in [0, 0.05) is 11.5 Å². The first kappa shape index (κ1) is 32.9. The van der Waals surface area contributed by atoms with Crippen LogP contribution in [0.4, 0.5) is 4.79 Å². The summed E-state index contributed by atoms with van der Waals surface area (Å²) in [6.45, 7) is 23.0. The SMILES string of the molecule is C=C(C)[C@@H]1CCC(C)=C[C@H]1c1c(O)cc(CCCCC)cc1OC(=O)OC1NC(=O)[C@@H]1[C@@H](C)O[Si](C)(C)C(C)(C)C. The van der Waals surface area contributed by atoms with Gasteiger partial charge in [-0.25, -0.2) is 4.79 Å². The van der Waals surface area contributed by atoms with Crippen molar-refractivity contribution in [3.8, 4) is 11.5 Å². The van der Waals surface area contributed by atoms with Crippen LogP contribution in [0.5, 0.6) is 11.5 Å². The Kier molecular flexibility index (Phi) is 10.6. The van der Waals surface area contributed by atoms with Gasteiger partial charge in [-0.2, -0.15) is 0 Å². The lowest BCUT2D eigenvalue weighted by Crippen LogP contribution is -2.65. The number of carbonyl (C=O) groups is 2. The highest BCUT2D eigenvalue weighted by molar-refractivity contribution is 6.74. The molecule has 228 valence electrons. The Morgan fingerprint density at radius 1 is 1.24 bits per heavy atom. The van der Waals surface area contributed by atoms with Crippen LogP contribution in [0.2, 0.25) is 18.1 Å². The van der Waals surface area contributed by atoms with E-state index in [0.717, 1.165) is 49.7 Å². The zero-order valence-electron chi connectivity index (χ0n) is 26.6. The van der Waals surface area contributed by atoms with Crippen LogP contribution in [0, 0.1) is 11.8 Å². The van der Waals surface area contributed by atoms with Gasteiger partial charge in [0.25, 0.3) is 0 Å². The summed E-state index contributed by atoms with van der Waals surface area (Å²) >= 11 is 0. The molecule has 0 aromatic heterocycles. The molecule has 1 aliphatic heterocycles. The zero-order chi connectivity index (χ0) is 30.7. The van der Waals surface area contributed by atoms with Gasteiger partial charge in [0.1, 0.15) is 17.4 Å². The van der Waals surface area contributed by atoms with Crippen molar-refractivity contribution in [2.45, 2.75) is 123 Å². The van der Waals surface area contributed by atoms with Crippen molar-refractivity contribution >= 4 is 20.4 Å². The highest BCUT2D eigenvalue weighted by atomic mass is 28.4. The van der Waals surface area contributed by atoms with Gasteiger partial charge in [-0.3, -0.25) is 4.79 Å². The number of unbranched alkanes of at least 4 members (excludes halogenated alkanes) is 2. The second-order valence-electron chi connectivity index (χ2n) is 13.5. The molecule has 8 heteroatoms. The maximum Gasteiger partial charge on any atom is 0.515 e. The molecule has 2 aliphatic rings. The number of phenolic OH excluding ortho intramolecular Hbond substituents is 1. The summed E-state index contributed by atoms with van der Waals surface area (Å²) in [5.41, 5.74) is 3.71. The van der Waals surface area contributed by atoms with Crippen molar-refractivity contribution in [1.82, 2.24) is 5.32 Å². The van der Waals surface area contributed by atoms with Crippen molar-refractivity contribution in [3.05, 3.63) is 47.1 Å². The highest BCUT2D eigenvalue weighted by Crippen LogP contribution is 2.47. The molecule has 1 heterocycles. The molecule has 1 amide bonds. The van der Waals surface area contributed by atoms with Crippen LogP contribution < -0.4 is 10.1 Å². The van der Waals surface area contributed by atoms with Gasteiger partial charge < -0.3 is 24.3 Å². The second kappa shape index (κ2) is 13.2. The van der Waals surface area contributed by atoms with Gasteiger partial charge in [0.2, 0.25) is 5.91 Å². The van der Waals surface area contributed by atoms with Crippen LogP contribution in [0.1, 0.15) is 97.6 Å². The first-order chi connectivity index (χ1) is 19.1. The Balaban J connectivity index is 1.86. The van der Waals surface area contributed by atoms with E-state index in [1.165, 1.54) is 5.57 Å². The van der Waals surface area contributed by atoms with Gasteiger partial charge in [0.05, 0.1) is 6.10 Å². The predicted molar refractivity (Wildman–Crippen MR) is 166 cm³/mol. The third-order valence-electron chi connectivity index (χ3n) is 9.08. The molecule has 1 fully saturated rings. The normalized spacial score (nSPS) is 23.6. The van der Waals surface area contributed by atoms with Gasteiger partial charge in [-0.1, -0.05) is 64.3 Å². The van der Waals surface area contributed by atoms with E-state index in [9.17, 15) is 14.7 Å². The minimum Gasteiger partial charge on any atom is -0.507 e. The van der Waals surface area contributed by atoms with E-state index in [1.54, 1.807) is 6.07 Å². The quantitative estimate of drug-likeness (QED) is 0.0680. The number of allylic oxidation sites excluding steroid dienone is 3. The molecule has 2 N–H and O–H groups in total. The van der Waals surface area contributed by atoms with Gasteiger partial charge in [0.15, 0.2) is 14.5 Å². The number of benzene rings is 1. The van der Waals surface area contributed by atoms with E-state index < -0.39 is 32.7 Å². The van der Waals surface area contributed by atoms with Gasteiger partial charge >= 0.3 is 6.16 Å². The lowest BCUT2D eigenvalue weighted by Gasteiger charge is -2.44. The summed E-state index contributed by atoms with van der Waals surface area (Å²) in [7, 11) is -2.14. The zero-order valence-corrected chi connectivity index (χ0v) is 27.6. The average molecular weight is 586 g/mol. The number of nitrogens with one attached hydrogen (secondary N) is 1. The minimum absolute atomic E-state index is 0.0229. The van der Waals surface area contributed by atoms with Crippen LogP contribution in [-0.2, 0) is 20.4 Å². The molecule has 1 aromatic rings. The number of amides is 1. The monoisotopic (exact) mass is 585 g/mol. The Hall–Kier alpha value is -2.58. The fourth-order valence-electron chi connectivity index (χ4n) is 5.58. The molecule has 0 radical (unpaired) electrons. The van der Waals surface area contributed by atoms with Gasteiger partial charge in [-0.05, 0) is 88.2 Å². The minimum atomic E-state index is -2.14. The fraction of sp³-hybridized carbons (Fsp3) is 0.636. The molecular weight excluding hydrogens is 534 g/mol. The van der Waals surface area contributed by atoms with Crippen molar-refractivity contribution < 1.29 is 28.6 Å². The average Bonchev–Trinajstić information content (AvgIpc) is 2.82. The predicted octanol–water partition coefficient (Wildman–Crippen LogP) is 8.14. The summed E-state index contributed by atoms with van der Waals surface area (Å²) in [4.78, 5) is 25.7. The van der Waals surface area contributed by atoms with E-state index in [0.29, 0.717) is 5.56 Å². The first-order valence-corrected chi connectivity index (χ1v) is 18.0. The van der Waals surface area contributed by atoms with Crippen molar-refractivity contribution in [2.75, 3.05) is 0 Å². The van der Waals surface area contributed by atoms with E-state index in [4.69, 9.17) is 13.9 Å². The molecule has 0 saturated carbocycles. The van der Waals surface area contributed by atoms with E-state index in [-0.39, 0.29) is 34.3 Å². The van der Waals surface area contributed by atoms with E-state index in [2.05, 4.69) is 65.7 Å². The molecule has 5 atom stereocenters. The number of aromatic hydroxyl groups is 1. The summed E-state index contributed by atoms with van der Waals surface area (Å²) in [6.07, 6.45) is 5.71. The highest BCUT2D eigenvalue weighted by Gasteiger charge is 2.49. The summed E-state index contributed by atoms with van der Waals surface area (Å²) in [5, 5.41) is 13.9. The number of ether oxygens (including phenoxy) is 2. The summed E-state index contributed by atoms with van der Waals surface area (Å²) in [6, 6.07) is 3.64. The third-order valence-corrected chi connectivity index (χ3v) is 13.7. The number of rotatable bonds is 11. The molecule has 7 nitrogen and oxygen atoms in total. The topological polar surface area (TPSA) is 94.1 Å². The van der Waals surface area contributed by atoms with Crippen LogP contribution in [0.3, 0.4) is 0 Å². The maximum atomic E-state index is 13.2. The number of aryl methyl sites for hydroxylation is 1. The molecule has 1 aromatic carbocycles. The second-order valence-corrected chi connectivity index (χ2v) is 18.3. The van der Waals surface area contributed by atoms with E-state index >= 15 is 0 Å². The van der Waals surface area contributed by atoms with Crippen LogP contribution in [0.25, 0.3) is 0 Å². The first-order valence-electron chi connectivity index (χ1n) is 15.1. The van der Waals surface area contributed by atoms with Crippen LogP contribution >= 0.6 is 0 Å². The number of β-lactam (4-membered cyclic amide) rings is 1. The van der Waals surface area contributed by atoms with Gasteiger partial charge in [-0.15, -0.1) is 0 Å². The van der Waals surface area contributed by atoms with Crippen molar-refractivity contribution in [2.24, 2.45) is 11.8 Å². The Morgan fingerprint density at radius 2 is 1.93 bits per heavy atom. The molecule has 1 saturated heterocycles. The molecule has 0 bridgehead atoms. The Bertz CT molecular complexity index is 1170. The fourth-order valence-corrected chi connectivity index (χ4v) is 7.01.